The largest absolute Gasteiger partial charge is 0.293 e. The highest BCUT2D eigenvalue weighted by Crippen LogP contribution is 2.27. The van der Waals surface area contributed by atoms with Crippen molar-refractivity contribution in [2.24, 2.45) is 0 Å². The third kappa shape index (κ3) is 3.78. The molecular weight excluding hydrogens is 346 g/mol. The van der Waals surface area contributed by atoms with Crippen molar-refractivity contribution >= 4 is 17.4 Å². The molecule has 4 nitrogen and oxygen atoms in total. The van der Waals surface area contributed by atoms with Gasteiger partial charge in [0.05, 0.1) is 11.6 Å². The van der Waals surface area contributed by atoms with Gasteiger partial charge in [-0.05, 0) is 56.6 Å². The summed E-state index contributed by atoms with van der Waals surface area (Å²) in [6.45, 7) is 4.17. The van der Waals surface area contributed by atoms with Gasteiger partial charge < -0.3 is 0 Å². The predicted octanol–water partition coefficient (Wildman–Crippen LogP) is 4.85. The third-order valence-electron chi connectivity index (χ3n) is 5.59. The van der Waals surface area contributed by atoms with Gasteiger partial charge in [-0.1, -0.05) is 49.7 Å². The molecule has 144 valence electrons. The number of hydrogen-bond donors (Lipinski definition) is 0. The molecule has 1 unspecified atom stereocenters. The molecule has 1 aliphatic rings. The first-order valence-electron chi connectivity index (χ1n) is 10.3. The van der Waals surface area contributed by atoms with Gasteiger partial charge in [0, 0.05) is 17.3 Å². The van der Waals surface area contributed by atoms with E-state index in [0.717, 1.165) is 41.8 Å². The van der Waals surface area contributed by atoms with Gasteiger partial charge in [-0.25, -0.2) is 4.52 Å². The molecule has 3 aromatic rings. The lowest BCUT2D eigenvalue weighted by molar-refractivity contribution is -0.120. The van der Waals surface area contributed by atoms with Crippen LogP contribution in [0.4, 0.5) is 0 Å². The zero-order chi connectivity index (χ0) is 19.3. The van der Waals surface area contributed by atoms with Gasteiger partial charge >= 0.3 is 0 Å². The van der Waals surface area contributed by atoms with E-state index in [0.29, 0.717) is 0 Å². The molecule has 1 atom stereocenters. The number of pyridine rings is 1. The average Bonchev–Trinajstić information content (AvgIpc) is 3.13. The Labute approximate surface area is 166 Å². The molecule has 3 heterocycles. The van der Waals surface area contributed by atoms with Crippen molar-refractivity contribution in [2.75, 3.05) is 13.1 Å². The van der Waals surface area contributed by atoms with Crippen molar-refractivity contribution in [3.63, 3.8) is 0 Å². The zero-order valence-electron chi connectivity index (χ0n) is 16.4. The lowest BCUT2D eigenvalue weighted by Gasteiger charge is -2.32. The van der Waals surface area contributed by atoms with Crippen molar-refractivity contribution in [1.29, 1.82) is 0 Å². The minimum Gasteiger partial charge on any atom is -0.293 e. The highest BCUT2D eigenvalue weighted by Gasteiger charge is 2.24. The van der Waals surface area contributed by atoms with Crippen molar-refractivity contribution in [2.45, 2.75) is 38.6 Å². The fourth-order valence-electron chi connectivity index (χ4n) is 4.14. The van der Waals surface area contributed by atoms with Crippen molar-refractivity contribution in [1.82, 2.24) is 14.5 Å². The monoisotopic (exact) mass is 373 g/mol. The van der Waals surface area contributed by atoms with Crippen molar-refractivity contribution in [3.05, 3.63) is 66.4 Å². The van der Waals surface area contributed by atoms with Gasteiger partial charge in [0.25, 0.3) is 0 Å². The molecule has 1 aliphatic heterocycles. The number of carbonyl (C=O) groups excluding carboxylic acids is 1. The molecule has 28 heavy (non-hydrogen) atoms. The molecular formula is C24H27N3O. The molecule has 0 saturated carbocycles. The van der Waals surface area contributed by atoms with E-state index in [2.05, 4.69) is 24.0 Å². The number of fused-ring (bicyclic) bond motifs is 1. The van der Waals surface area contributed by atoms with Crippen LogP contribution in [0.3, 0.4) is 0 Å². The summed E-state index contributed by atoms with van der Waals surface area (Å²) in [5.74, 6) is 0.193. The molecule has 4 rings (SSSR count). The molecule has 0 N–H and O–H groups in total. The molecule has 0 bridgehead atoms. The number of aromatic nitrogens is 2. The second-order valence-corrected chi connectivity index (χ2v) is 7.42. The summed E-state index contributed by atoms with van der Waals surface area (Å²) in [7, 11) is 0. The van der Waals surface area contributed by atoms with Crippen LogP contribution in [0.15, 0.2) is 60.8 Å². The normalized spacial score (nSPS) is 16.6. The van der Waals surface area contributed by atoms with E-state index in [4.69, 9.17) is 5.10 Å². The van der Waals surface area contributed by atoms with Crippen LogP contribution in [0.2, 0.25) is 0 Å². The lowest BCUT2D eigenvalue weighted by atomic mass is 10.0. The highest BCUT2D eigenvalue weighted by molar-refractivity contribution is 5.99. The number of rotatable bonds is 6. The van der Waals surface area contributed by atoms with Crippen LogP contribution in [0, 0.1) is 0 Å². The molecule has 4 heteroatoms. The predicted molar refractivity (Wildman–Crippen MR) is 114 cm³/mol. The molecule has 0 amide bonds. The topological polar surface area (TPSA) is 37.6 Å². The number of carbonyl (C=O) groups is 1. The minimum absolute atomic E-state index is 0.0152. The van der Waals surface area contributed by atoms with Gasteiger partial charge in [-0.2, -0.15) is 5.10 Å². The number of ketones is 1. The van der Waals surface area contributed by atoms with Crippen LogP contribution in [0.5, 0.6) is 0 Å². The van der Waals surface area contributed by atoms with E-state index in [-0.39, 0.29) is 11.8 Å². The van der Waals surface area contributed by atoms with Gasteiger partial charge in [0.1, 0.15) is 5.69 Å². The third-order valence-corrected chi connectivity index (χ3v) is 5.59. The average molecular weight is 374 g/mol. The number of hydrogen-bond acceptors (Lipinski definition) is 3. The Morgan fingerprint density at radius 2 is 1.82 bits per heavy atom. The number of nitrogens with zero attached hydrogens (tertiary/aromatic N) is 3. The molecule has 0 radical (unpaired) electrons. The summed E-state index contributed by atoms with van der Waals surface area (Å²) in [6, 6.07) is 16.2. The summed E-state index contributed by atoms with van der Waals surface area (Å²) in [4.78, 5) is 15.3. The van der Waals surface area contributed by atoms with E-state index >= 15 is 0 Å². The first kappa shape index (κ1) is 18.6. The molecule has 1 aromatic carbocycles. The molecule has 0 aliphatic carbocycles. The summed E-state index contributed by atoms with van der Waals surface area (Å²) in [5.41, 5.74) is 3.97. The van der Waals surface area contributed by atoms with Crippen LogP contribution in [-0.4, -0.2) is 39.4 Å². The van der Waals surface area contributed by atoms with E-state index in [1.165, 1.54) is 19.3 Å². The van der Waals surface area contributed by atoms with Gasteiger partial charge in [0.15, 0.2) is 5.78 Å². The fraction of sp³-hybridized carbons (Fsp3) is 0.333. The van der Waals surface area contributed by atoms with Crippen LogP contribution in [0.1, 0.15) is 38.2 Å². The maximum Gasteiger partial charge on any atom is 0.172 e. The molecule has 0 spiro atoms. The smallest absolute Gasteiger partial charge is 0.172 e. The van der Waals surface area contributed by atoms with Gasteiger partial charge in [0.2, 0.25) is 0 Å². The Kier molecular flexibility index (Phi) is 5.68. The molecule has 1 fully saturated rings. The van der Waals surface area contributed by atoms with Gasteiger partial charge in [-0.3, -0.25) is 9.69 Å². The standard InChI is InChI=1S/C24H27N3O/c1-2-21(26-16-8-4-9-17-26)23(28)15-14-20-22-13-7-10-18-27(22)25-24(20)19-11-5-3-6-12-19/h3,5-7,10-15,18,21H,2,4,8-9,16-17H2,1H3/b15-14+. The summed E-state index contributed by atoms with van der Waals surface area (Å²) >= 11 is 0. The Morgan fingerprint density at radius 3 is 2.57 bits per heavy atom. The van der Waals surface area contributed by atoms with Crippen LogP contribution >= 0.6 is 0 Å². The van der Waals surface area contributed by atoms with Crippen LogP contribution < -0.4 is 0 Å². The quantitative estimate of drug-likeness (QED) is 0.580. The first-order valence-corrected chi connectivity index (χ1v) is 10.3. The fourth-order valence-corrected chi connectivity index (χ4v) is 4.14. The Hall–Kier alpha value is -2.72. The maximum absolute atomic E-state index is 13.0. The van der Waals surface area contributed by atoms with Crippen molar-refractivity contribution < 1.29 is 4.79 Å². The SMILES string of the molecule is CCC(C(=O)/C=C/c1c(-c2ccccc2)nn2ccccc12)N1CCCCC1. The van der Waals surface area contributed by atoms with E-state index < -0.39 is 0 Å². The summed E-state index contributed by atoms with van der Waals surface area (Å²) < 4.78 is 1.88. The second kappa shape index (κ2) is 8.53. The number of benzene rings is 1. The summed E-state index contributed by atoms with van der Waals surface area (Å²) in [6.07, 6.45) is 10.2. The Bertz CT molecular complexity index is 968. The molecule has 1 saturated heterocycles. The lowest BCUT2D eigenvalue weighted by Crippen LogP contribution is -2.43. The highest BCUT2D eigenvalue weighted by atomic mass is 16.1. The Balaban J connectivity index is 1.67. The second-order valence-electron chi connectivity index (χ2n) is 7.42. The van der Waals surface area contributed by atoms with E-state index in [9.17, 15) is 4.79 Å². The number of piperidine rings is 1. The zero-order valence-corrected chi connectivity index (χ0v) is 16.4. The van der Waals surface area contributed by atoms with E-state index in [1.807, 2.05) is 53.2 Å². The number of likely N-dealkylation sites (tertiary alicyclic amines) is 1. The van der Waals surface area contributed by atoms with Crippen LogP contribution in [-0.2, 0) is 4.79 Å². The van der Waals surface area contributed by atoms with Gasteiger partial charge in [-0.15, -0.1) is 0 Å². The summed E-state index contributed by atoms with van der Waals surface area (Å²) in [5, 5.41) is 4.76. The maximum atomic E-state index is 13.0. The first-order chi connectivity index (χ1) is 13.8. The van der Waals surface area contributed by atoms with E-state index in [1.54, 1.807) is 6.08 Å². The minimum atomic E-state index is -0.0152. The van der Waals surface area contributed by atoms with Crippen molar-refractivity contribution in [3.8, 4) is 11.3 Å². The van der Waals surface area contributed by atoms with Crippen LogP contribution in [0.25, 0.3) is 22.9 Å². The molecule has 2 aromatic heterocycles. The Morgan fingerprint density at radius 1 is 1.07 bits per heavy atom.